The van der Waals surface area contributed by atoms with E-state index in [4.69, 9.17) is 4.74 Å². The average molecular weight is 265 g/mol. The van der Waals surface area contributed by atoms with E-state index in [1.807, 2.05) is 17.9 Å². The molecule has 0 aliphatic heterocycles. The van der Waals surface area contributed by atoms with Gasteiger partial charge in [0.2, 0.25) is 0 Å². The molecule has 2 atom stereocenters. The van der Waals surface area contributed by atoms with Crippen LogP contribution in [0.3, 0.4) is 0 Å². The van der Waals surface area contributed by atoms with Crippen LogP contribution >= 0.6 is 0 Å². The second-order valence-corrected chi connectivity index (χ2v) is 5.53. The molecule has 0 amide bonds. The summed E-state index contributed by atoms with van der Waals surface area (Å²) in [5.74, 6) is 1.47. The summed E-state index contributed by atoms with van der Waals surface area (Å²) in [4.78, 5) is 0. The molecule has 1 aromatic rings. The van der Waals surface area contributed by atoms with Crippen LogP contribution < -0.4 is 10.1 Å². The lowest BCUT2D eigenvalue weighted by Gasteiger charge is -2.27. The molecule has 2 unspecified atom stereocenters. The fourth-order valence-corrected chi connectivity index (χ4v) is 3.22. The van der Waals surface area contributed by atoms with Crippen molar-refractivity contribution < 1.29 is 4.74 Å². The van der Waals surface area contributed by atoms with Crippen LogP contribution in [0.25, 0.3) is 0 Å². The van der Waals surface area contributed by atoms with Crippen LogP contribution in [0.4, 0.5) is 0 Å². The van der Waals surface area contributed by atoms with Crippen molar-refractivity contribution in [2.75, 3.05) is 13.7 Å². The highest BCUT2D eigenvalue weighted by Crippen LogP contribution is 2.36. The molecule has 4 nitrogen and oxygen atoms in total. The quantitative estimate of drug-likeness (QED) is 0.832. The van der Waals surface area contributed by atoms with Crippen molar-refractivity contribution in [3.8, 4) is 5.75 Å². The van der Waals surface area contributed by atoms with E-state index in [9.17, 15) is 0 Å². The Balaban J connectivity index is 2.23. The molecule has 0 aromatic carbocycles. The molecule has 19 heavy (non-hydrogen) atoms. The molecule has 1 heterocycles. The molecule has 108 valence electrons. The van der Waals surface area contributed by atoms with Crippen molar-refractivity contribution in [1.82, 2.24) is 15.1 Å². The van der Waals surface area contributed by atoms with Crippen LogP contribution in [-0.4, -0.2) is 29.5 Å². The van der Waals surface area contributed by atoms with Crippen molar-refractivity contribution >= 4 is 0 Å². The van der Waals surface area contributed by atoms with Gasteiger partial charge in [0, 0.05) is 19.0 Å². The third-order valence-electron chi connectivity index (χ3n) is 4.19. The first-order chi connectivity index (χ1) is 9.27. The van der Waals surface area contributed by atoms with E-state index in [2.05, 4.69) is 17.3 Å². The standard InChI is InChI=1S/C15H27N3O/c1-4-10-16-13-9-7-5-6-8-12(13)15-14(19-3)11-17-18(15)2/h11-13,16H,4-10H2,1-3H3. The van der Waals surface area contributed by atoms with Gasteiger partial charge in [-0.2, -0.15) is 5.10 Å². The van der Waals surface area contributed by atoms with E-state index < -0.39 is 0 Å². The normalized spacial score (nSPS) is 24.2. The fraction of sp³-hybridized carbons (Fsp3) is 0.800. The summed E-state index contributed by atoms with van der Waals surface area (Å²) in [7, 11) is 3.77. The Labute approximate surface area is 116 Å². The first-order valence-corrected chi connectivity index (χ1v) is 7.57. The summed E-state index contributed by atoms with van der Waals surface area (Å²) < 4.78 is 7.50. The van der Waals surface area contributed by atoms with Crippen LogP contribution in [-0.2, 0) is 7.05 Å². The minimum absolute atomic E-state index is 0.525. The Bertz CT molecular complexity index is 389. The summed E-state index contributed by atoms with van der Waals surface area (Å²) in [5, 5.41) is 8.10. The third-order valence-corrected chi connectivity index (χ3v) is 4.19. The van der Waals surface area contributed by atoms with Crippen molar-refractivity contribution in [2.45, 2.75) is 57.4 Å². The molecule has 0 spiro atoms. The molecule has 0 bridgehead atoms. The van der Waals surface area contributed by atoms with E-state index >= 15 is 0 Å². The second-order valence-electron chi connectivity index (χ2n) is 5.53. The fourth-order valence-electron chi connectivity index (χ4n) is 3.22. The summed E-state index contributed by atoms with van der Waals surface area (Å²) in [6.45, 7) is 3.32. The molecule has 1 aliphatic carbocycles. The minimum atomic E-state index is 0.525. The van der Waals surface area contributed by atoms with Gasteiger partial charge in [-0.3, -0.25) is 4.68 Å². The lowest BCUT2D eigenvalue weighted by atomic mass is 9.90. The summed E-state index contributed by atoms with van der Waals surface area (Å²) >= 11 is 0. The van der Waals surface area contributed by atoms with Crippen LogP contribution in [0.5, 0.6) is 5.75 Å². The number of aromatic nitrogens is 2. The molecule has 1 fully saturated rings. The van der Waals surface area contributed by atoms with Gasteiger partial charge in [0.25, 0.3) is 0 Å². The number of methoxy groups -OCH3 is 1. The van der Waals surface area contributed by atoms with Gasteiger partial charge < -0.3 is 10.1 Å². The first-order valence-electron chi connectivity index (χ1n) is 7.57. The van der Waals surface area contributed by atoms with Crippen molar-refractivity contribution in [3.63, 3.8) is 0 Å². The van der Waals surface area contributed by atoms with Gasteiger partial charge in [-0.15, -0.1) is 0 Å². The zero-order valence-corrected chi connectivity index (χ0v) is 12.5. The van der Waals surface area contributed by atoms with E-state index in [-0.39, 0.29) is 0 Å². The molecule has 1 N–H and O–H groups in total. The lowest BCUT2D eigenvalue weighted by molar-refractivity contribution is 0.366. The monoisotopic (exact) mass is 265 g/mol. The van der Waals surface area contributed by atoms with Crippen LogP contribution in [0.15, 0.2) is 6.20 Å². The zero-order valence-electron chi connectivity index (χ0n) is 12.5. The highest BCUT2D eigenvalue weighted by atomic mass is 16.5. The molecule has 1 aliphatic rings. The predicted octanol–water partition coefficient (Wildman–Crippen LogP) is 2.84. The van der Waals surface area contributed by atoms with Crippen LogP contribution in [0.2, 0.25) is 0 Å². The van der Waals surface area contributed by atoms with Gasteiger partial charge >= 0.3 is 0 Å². The van der Waals surface area contributed by atoms with E-state index in [0.717, 1.165) is 12.3 Å². The van der Waals surface area contributed by atoms with Crippen molar-refractivity contribution in [3.05, 3.63) is 11.9 Å². The highest BCUT2D eigenvalue weighted by molar-refractivity contribution is 5.30. The number of nitrogens with zero attached hydrogens (tertiary/aromatic N) is 2. The van der Waals surface area contributed by atoms with Gasteiger partial charge in [-0.05, 0) is 25.8 Å². The molecular formula is C15H27N3O. The molecular weight excluding hydrogens is 238 g/mol. The van der Waals surface area contributed by atoms with E-state index in [1.54, 1.807) is 7.11 Å². The Hall–Kier alpha value is -1.03. The maximum atomic E-state index is 5.50. The summed E-state index contributed by atoms with van der Waals surface area (Å²) in [6.07, 6.45) is 9.52. The number of hydrogen-bond donors (Lipinski definition) is 1. The number of rotatable bonds is 5. The SMILES string of the molecule is CCCNC1CCCCCC1c1c(OC)cnn1C. The number of ether oxygens (including phenoxy) is 1. The summed E-state index contributed by atoms with van der Waals surface area (Å²) in [5.41, 5.74) is 1.26. The van der Waals surface area contributed by atoms with Gasteiger partial charge in [0.15, 0.2) is 5.75 Å². The zero-order chi connectivity index (χ0) is 13.7. The third kappa shape index (κ3) is 3.30. The van der Waals surface area contributed by atoms with E-state index in [0.29, 0.717) is 12.0 Å². The number of nitrogens with one attached hydrogen (secondary N) is 1. The van der Waals surface area contributed by atoms with Gasteiger partial charge in [-0.1, -0.05) is 26.2 Å². The Morgan fingerprint density at radius 3 is 2.89 bits per heavy atom. The molecule has 0 radical (unpaired) electrons. The first kappa shape index (κ1) is 14.4. The molecule has 4 heteroatoms. The van der Waals surface area contributed by atoms with Crippen LogP contribution in [0, 0.1) is 0 Å². The second kappa shape index (κ2) is 6.94. The molecule has 0 saturated heterocycles. The maximum Gasteiger partial charge on any atom is 0.160 e. The average Bonchev–Trinajstić information content (AvgIpc) is 2.65. The number of hydrogen-bond acceptors (Lipinski definition) is 3. The topological polar surface area (TPSA) is 39.1 Å². The molecule has 1 aromatic heterocycles. The Morgan fingerprint density at radius 2 is 2.16 bits per heavy atom. The molecule has 2 rings (SSSR count). The van der Waals surface area contributed by atoms with Gasteiger partial charge in [-0.25, -0.2) is 0 Å². The maximum absolute atomic E-state index is 5.50. The number of aryl methyl sites for hydroxylation is 1. The smallest absolute Gasteiger partial charge is 0.160 e. The largest absolute Gasteiger partial charge is 0.493 e. The highest BCUT2D eigenvalue weighted by Gasteiger charge is 2.29. The van der Waals surface area contributed by atoms with Gasteiger partial charge in [0.1, 0.15) is 0 Å². The Morgan fingerprint density at radius 1 is 1.37 bits per heavy atom. The summed E-state index contributed by atoms with van der Waals surface area (Å²) in [6, 6.07) is 0.562. The predicted molar refractivity (Wildman–Crippen MR) is 77.7 cm³/mol. The Kier molecular flexibility index (Phi) is 5.25. The van der Waals surface area contributed by atoms with Crippen molar-refractivity contribution in [2.24, 2.45) is 7.05 Å². The minimum Gasteiger partial charge on any atom is -0.493 e. The lowest BCUT2D eigenvalue weighted by Crippen LogP contribution is -2.35. The van der Waals surface area contributed by atoms with E-state index in [1.165, 1.54) is 44.2 Å². The van der Waals surface area contributed by atoms with Crippen LogP contribution in [0.1, 0.15) is 57.1 Å². The van der Waals surface area contributed by atoms with Gasteiger partial charge in [0.05, 0.1) is 19.0 Å². The van der Waals surface area contributed by atoms with Crippen molar-refractivity contribution in [1.29, 1.82) is 0 Å². The molecule has 1 saturated carbocycles.